The molecule has 31 heavy (non-hydrogen) atoms. The van der Waals surface area contributed by atoms with Crippen LogP contribution < -0.4 is 21.5 Å². The van der Waals surface area contributed by atoms with Gasteiger partial charge in [0, 0.05) is 24.1 Å². The average Bonchev–Trinajstić information content (AvgIpc) is 3.43. The minimum absolute atomic E-state index is 0.0342. The molecule has 1 saturated heterocycles. The summed E-state index contributed by atoms with van der Waals surface area (Å²) in [5, 5.41) is 6.45. The molecule has 0 aromatic heterocycles. The van der Waals surface area contributed by atoms with Crippen molar-refractivity contribution in [1.29, 1.82) is 0 Å². The lowest BCUT2D eigenvalue weighted by atomic mass is 10.0. The van der Waals surface area contributed by atoms with Gasteiger partial charge in [-0.25, -0.2) is 24.0 Å². The highest BCUT2D eigenvalue weighted by Crippen LogP contribution is 2.22. The number of hydrogen-bond acceptors (Lipinski definition) is 3. The molecule has 2 aliphatic rings. The van der Waals surface area contributed by atoms with Crippen molar-refractivity contribution in [2.75, 3.05) is 0 Å². The molecule has 0 bridgehead atoms. The number of benzene rings is 2. The van der Waals surface area contributed by atoms with Crippen LogP contribution >= 0.6 is 0 Å². The van der Waals surface area contributed by atoms with Crippen LogP contribution in [0.25, 0.3) is 0 Å². The van der Waals surface area contributed by atoms with Crippen LogP contribution in [-0.2, 0) is 0 Å². The van der Waals surface area contributed by atoms with Crippen molar-refractivity contribution in [1.82, 2.24) is 21.5 Å². The van der Waals surface area contributed by atoms with Crippen molar-refractivity contribution in [3.05, 3.63) is 71.0 Å². The Balaban J connectivity index is 1.47. The Hall–Kier alpha value is -2.91. The molecule has 6 nitrogen and oxygen atoms in total. The van der Waals surface area contributed by atoms with E-state index in [2.05, 4.69) is 26.5 Å². The van der Waals surface area contributed by atoms with Gasteiger partial charge in [0.25, 0.3) is 5.91 Å². The van der Waals surface area contributed by atoms with Crippen molar-refractivity contribution < 1.29 is 18.0 Å². The Labute approximate surface area is 178 Å². The summed E-state index contributed by atoms with van der Waals surface area (Å²) >= 11 is 0. The van der Waals surface area contributed by atoms with Crippen LogP contribution in [0.3, 0.4) is 0 Å². The molecular formula is C22H24F3N5O. The van der Waals surface area contributed by atoms with Gasteiger partial charge >= 0.3 is 0 Å². The Kier molecular flexibility index (Phi) is 6.53. The molecule has 1 aliphatic heterocycles. The zero-order valence-corrected chi connectivity index (χ0v) is 16.8. The van der Waals surface area contributed by atoms with Gasteiger partial charge in [-0.3, -0.25) is 4.79 Å². The van der Waals surface area contributed by atoms with Crippen molar-refractivity contribution in [3.8, 4) is 0 Å². The molecule has 1 aliphatic carbocycles. The second-order valence-electron chi connectivity index (χ2n) is 7.85. The molecule has 2 aromatic carbocycles. The number of aliphatic imine (C=N–C) groups is 1. The minimum Gasteiger partial charge on any atom is -0.353 e. The van der Waals surface area contributed by atoms with Crippen molar-refractivity contribution >= 4 is 11.9 Å². The number of nitrogens with zero attached hydrogens (tertiary/aromatic N) is 1. The molecule has 0 radical (unpaired) electrons. The summed E-state index contributed by atoms with van der Waals surface area (Å²) < 4.78 is 39.9. The zero-order chi connectivity index (χ0) is 21.8. The van der Waals surface area contributed by atoms with E-state index in [0.717, 1.165) is 43.4 Å². The molecule has 2 aromatic rings. The number of hydrogen-bond donors (Lipinski definition) is 4. The van der Waals surface area contributed by atoms with E-state index in [1.807, 2.05) is 0 Å². The quantitative estimate of drug-likeness (QED) is 0.442. The van der Waals surface area contributed by atoms with Gasteiger partial charge in [-0.1, -0.05) is 25.0 Å². The van der Waals surface area contributed by atoms with E-state index in [-0.39, 0.29) is 35.6 Å². The van der Waals surface area contributed by atoms with Crippen LogP contribution in [0.2, 0.25) is 0 Å². The summed E-state index contributed by atoms with van der Waals surface area (Å²) in [7, 11) is 0. The third kappa shape index (κ3) is 5.42. The third-order valence-electron chi connectivity index (χ3n) is 5.56. The van der Waals surface area contributed by atoms with Crippen molar-refractivity contribution in [3.63, 3.8) is 0 Å². The van der Waals surface area contributed by atoms with Gasteiger partial charge in [0.05, 0.1) is 6.17 Å². The smallest absolute Gasteiger partial charge is 0.280 e. The Morgan fingerprint density at radius 2 is 1.68 bits per heavy atom. The van der Waals surface area contributed by atoms with Crippen LogP contribution in [0.15, 0.2) is 47.5 Å². The molecule has 2 unspecified atom stereocenters. The fourth-order valence-corrected chi connectivity index (χ4v) is 3.89. The molecule has 1 heterocycles. The molecule has 2 atom stereocenters. The van der Waals surface area contributed by atoms with Gasteiger partial charge in [-0.15, -0.1) is 0 Å². The third-order valence-corrected chi connectivity index (χ3v) is 5.56. The van der Waals surface area contributed by atoms with Crippen LogP contribution in [0, 0.1) is 17.5 Å². The van der Waals surface area contributed by atoms with Gasteiger partial charge in [-0.2, -0.15) is 4.99 Å². The lowest BCUT2D eigenvalue weighted by Crippen LogP contribution is -2.51. The summed E-state index contributed by atoms with van der Waals surface area (Å²) in [6.45, 7) is 0. The van der Waals surface area contributed by atoms with Crippen LogP contribution in [0.4, 0.5) is 13.2 Å². The summed E-state index contributed by atoms with van der Waals surface area (Å²) in [5.41, 5.74) is 7.15. The molecule has 9 heteroatoms. The largest absolute Gasteiger partial charge is 0.353 e. The number of nitrogens with one attached hydrogen (secondary N) is 4. The predicted octanol–water partition coefficient (Wildman–Crippen LogP) is 3.29. The van der Waals surface area contributed by atoms with E-state index in [4.69, 9.17) is 0 Å². The number of carbonyl (C=O) groups is 1. The Bertz CT molecular complexity index is 960. The average molecular weight is 431 g/mol. The normalized spacial score (nSPS) is 22.0. The van der Waals surface area contributed by atoms with Crippen LogP contribution in [-0.4, -0.2) is 24.1 Å². The van der Waals surface area contributed by atoms with Gasteiger partial charge in [0.2, 0.25) is 5.96 Å². The lowest BCUT2D eigenvalue weighted by molar-refractivity contribution is 0.100. The first-order valence-electron chi connectivity index (χ1n) is 10.4. The lowest BCUT2D eigenvalue weighted by Gasteiger charge is -2.20. The number of hydrazine groups is 1. The number of halogens is 3. The van der Waals surface area contributed by atoms with Gasteiger partial charge in [0.15, 0.2) is 11.6 Å². The van der Waals surface area contributed by atoms with E-state index in [0.29, 0.717) is 6.42 Å². The summed E-state index contributed by atoms with van der Waals surface area (Å²) in [6, 6.07) is 9.35. The maximum absolute atomic E-state index is 13.5. The monoisotopic (exact) mass is 431 g/mol. The number of rotatable bonds is 4. The fraction of sp³-hybridized carbons (Fsp3) is 0.364. The molecule has 2 fully saturated rings. The first-order chi connectivity index (χ1) is 15.0. The second-order valence-corrected chi connectivity index (χ2v) is 7.85. The maximum atomic E-state index is 13.5. The van der Waals surface area contributed by atoms with Crippen molar-refractivity contribution in [2.24, 2.45) is 4.99 Å². The van der Waals surface area contributed by atoms with Gasteiger partial charge in [-0.05, 0) is 48.7 Å². The molecule has 4 rings (SSSR count). The van der Waals surface area contributed by atoms with Crippen molar-refractivity contribution in [2.45, 2.75) is 50.4 Å². The highest BCUT2D eigenvalue weighted by molar-refractivity contribution is 6.02. The number of amides is 1. The summed E-state index contributed by atoms with van der Waals surface area (Å²) in [6.07, 6.45) is 4.50. The van der Waals surface area contributed by atoms with E-state index in [1.54, 1.807) is 12.1 Å². The maximum Gasteiger partial charge on any atom is 0.280 e. The highest BCUT2D eigenvalue weighted by atomic mass is 19.2. The van der Waals surface area contributed by atoms with E-state index < -0.39 is 17.5 Å². The molecule has 1 amide bonds. The first kappa shape index (κ1) is 21.3. The highest BCUT2D eigenvalue weighted by Gasteiger charge is 2.27. The fourth-order valence-electron chi connectivity index (χ4n) is 3.89. The summed E-state index contributed by atoms with van der Waals surface area (Å²) in [5.74, 6) is -2.80. The molecular weight excluding hydrogens is 407 g/mol. The van der Waals surface area contributed by atoms with E-state index >= 15 is 0 Å². The minimum atomic E-state index is -1.09. The standard InChI is InChI=1S/C22H24F3N5O/c23-15-8-5-13(6-9-15)19-12-20(30-29-19)27-22(26-16-3-1-2-4-16)28-21(31)14-7-10-17(24)18(25)11-14/h5-11,16,19-20,29-30H,1-4,12H2,(H2,26,27,28,31). The summed E-state index contributed by atoms with van der Waals surface area (Å²) in [4.78, 5) is 16.7. The molecule has 164 valence electrons. The van der Waals surface area contributed by atoms with E-state index in [1.165, 1.54) is 18.2 Å². The zero-order valence-electron chi connectivity index (χ0n) is 16.8. The SMILES string of the molecule is O=C(/N=C(/NC1CCCC1)NC1CC(c2ccc(F)cc2)NN1)c1ccc(F)c(F)c1. The topological polar surface area (TPSA) is 77.5 Å². The Morgan fingerprint density at radius 3 is 2.39 bits per heavy atom. The molecule has 4 N–H and O–H groups in total. The molecule has 1 saturated carbocycles. The molecule has 0 spiro atoms. The predicted molar refractivity (Wildman–Crippen MR) is 110 cm³/mol. The van der Waals surface area contributed by atoms with Gasteiger partial charge in [0.1, 0.15) is 5.82 Å². The number of carbonyl (C=O) groups excluding carboxylic acids is 1. The van der Waals surface area contributed by atoms with Crippen LogP contribution in [0.5, 0.6) is 0 Å². The van der Waals surface area contributed by atoms with Gasteiger partial charge < -0.3 is 10.6 Å². The number of guanidine groups is 1. The van der Waals surface area contributed by atoms with Crippen LogP contribution in [0.1, 0.15) is 54.1 Å². The Morgan fingerprint density at radius 1 is 0.935 bits per heavy atom. The first-order valence-corrected chi connectivity index (χ1v) is 10.4. The van der Waals surface area contributed by atoms with E-state index in [9.17, 15) is 18.0 Å². The second kappa shape index (κ2) is 9.49.